The molecule has 7 heteroatoms. The Labute approximate surface area is 145 Å². The van der Waals surface area contributed by atoms with Gasteiger partial charge in [0.25, 0.3) is 11.8 Å². The first kappa shape index (κ1) is 16.7. The van der Waals surface area contributed by atoms with Gasteiger partial charge in [-0.05, 0) is 17.9 Å². The summed E-state index contributed by atoms with van der Waals surface area (Å²) < 4.78 is 0. The fourth-order valence-electron chi connectivity index (χ4n) is 2.87. The molecule has 24 heavy (non-hydrogen) atoms. The molecule has 0 bridgehead atoms. The summed E-state index contributed by atoms with van der Waals surface area (Å²) in [5, 5.41) is 12.0. The summed E-state index contributed by atoms with van der Waals surface area (Å²) in [4.78, 5) is 27.4. The third-order valence-electron chi connectivity index (χ3n) is 4.23. The van der Waals surface area contributed by atoms with E-state index in [4.69, 9.17) is 0 Å². The minimum absolute atomic E-state index is 0.0196. The Morgan fingerprint density at radius 2 is 2.29 bits per heavy atom. The van der Waals surface area contributed by atoms with Crippen molar-refractivity contribution in [3.8, 4) is 0 Å². The number of H-pyrrole nitrogens is 1. The average molecular weight is 346 g/mol. The largest absolute Gasteiger partial charge is 0.351 e. The SMILES string of the molecule is CCCCCNC(=O)c1n[nH]c2c1CN(C(=O)c1cccs1)CC2. The first-order chi connectivity index (χ1) is 11.7. The Kier molecular flexibility index (Phi) is 5.30. The molecule has 0 saturated carbocycles. The van der Waals surface area contributed by atoms with Gasteiger partial charge in [0.05, 0.1) is 11.4 Å². The average Bonchev–Trinajstić information content (AvgIpc) is 3.26. The molecule has 2 N–H and O–H groups in total. The summed E-state index contributed by atoms with van der Waals surface area (Å²) in [7, 11) is 0. The van der Waals surface area contributed by atoms with E-state index in [1.54, 1.807) is 4.90 Å². The Balaban J connectivity index is 1.68. The number of carbonyl (C=O) groups is 2. The maximum Gasteiger partial charge on any atom is 0.272 e. The van der Waals surface area contributed by atoms with Gasteiger partial charge in [-0.3, -0.25) is 14.7 Å². The Morgan fingerprint density at radius 1 is 1.42 bits per heavy atom. The molecule has 2 aromatic rings. The summed E-state index contributed by atoms with van der Waals surface area (Å²) in [5.41, 5.74) is 2.23. The molecule has 3 rings (SSSR count). The molecule has 0 fully saturated rings. The van der Waals surface area contributed by atoms with Crippen LogP contribution in [0.1, 0.15) is 57.6 Å². The number of aromatic amines is 1. The maximum atomic E-state index is 12.5. The van der Waals surface area contributed by atoms with E-state index in [0.717, 1.165) is 35.4 Å². The number of fused-ring (bicyclic) bond motifs is 1. The second-order valence-corrected chi connectivity index (χ2v) is 6.89. The Bertz CT molecular complexity index is 708. The maximum absolute atomic E-state index is 12.5. The van der Waals surface area contributed by atoms with E-state index in [-0.39, 0.29) is 11.8 Å². The first-order valence-electron chi connectivity index (χ1n) is 8.37. The Morgan fingerprint density at radius 3 is 3.04 bits per heavy atom. The molecule has 0 aliphatic carbocycles. The smallest absolute Gasteiger partial charge is 0.272 e. The van der Waals surface area contributed by atoms with Crippen molar-refractivity contribution in [1.29, 1.82) is 0 Å². The quantitative estimate of drug-likeness (QED) is 0.789. The molecule has 1 aliphatic rings. The molecule has 6 nitrogen and oxygen atoms in total. The lowest BCUT2D eigenvalue weighted by Crippen LogP contribution is -2.36. The zero-order valence-corrected chi connectivity index (χ0v) is 14.6. The molecular formula is C17H22N4O2S. The fourth-order valence-corrected chi connectivity index (χ4v) is 3.56. The highest BCUT2D eigenvalue weighted by Crippen LogP contribution is 2.23. The van der Waals surface area contributed by atoms with Crippen LogP contribution < -0.4 is 5.32 Å². The predicted molar refractivity (Wildman–Crippen MR) is 93.2 cm³/mol. The molecular weight excluding hydrogens is 324 g/mol. The number of nitrogens with one attached hydrogen (secondary N) is 2. The predicted octanol–water partition coefficient (Wildman–Crippen LogP) is 2.59. The lowest BCUT2D eigenvalue weighted by atomic mass is 10.0. The second kappa shape index (κ2) is 7.61. The molecule has 1 aliphatic heterocycles. The molecule has 3 heterocycles. The van der Waals surface area contributed by atoms with Crippen LogP contribution in [-0.2, 0) is 13.0 Å². The standard InChI is InChI=1S/C17H22N4O2S/c1-2-3-4-8-18-16(22)15-12-11-21(9-7-13(12)19-20-15)17(23)14-6-5-10-24-14/h5-6,10H,2-4,7-9,11H2,1H3,(H,18,22)(H,19,20). The monoisotopic (exact) mass is 346 g/mol. The van der Waals surface area contributed by atoms with Crippen LogP contribution in [0, 0.1) is 0 Å². The third-order valence-corrected chi connectivity index (χ3v) is 5.09. The molecule has 2 amide bonds. The highest BCUT2D eigenvalue weighted by molar-refractivity contribution is 7.12. The lowest BCUT2D eigenvalue weighted by molar-refractivity contribution is 0.0736. The van der Waals surface area contributed by atoms with Gasteiger partial charge in [-0.15, -0.1) is 11.3 Å². The van der Waals surface area contributed by atoms with Crippen LogP contribution in [0.4, 0.5) is 0 Å². The minimum Gasteiger partial charge on any atom is -0.351 e. The van der Waals surface area contributed by atoms with Gasteiger partial charge < -0.3 is 10.2 Å². The molecule has 0 spiro atoms. The number of hydrogen-bond acceptors (Lipinski definition) is 4. The number of unbranched alkanes of at least 4 members (excludes halogenated alkanes) is 2. The van der Waals surface area contributed by atoms with Gasteiger partial charge in [0.15, 0.2) is 5.69 Å². The van der Waals surface area contributed by atoms with Crippen molar-refractivity contribution < 1.29 is 9.59 Å². The van der Waals surface area contributed by atoms with Crippen molar-refractivity contribution in [2.45, 2.75) is 39.2 Å². The third kappa shape index (κ3) is 3.51. The van der Waals surface area contributed by atoms with E-state index in [1.165, 1.54) is 11.3 Å². The van der Waals surface area contributed by atoms with Gasteiger partial charge >= 0.3 is 0 Å². The molecule has 0 radical (unpaired) electrons. The van der Waals surface area contributed by atoms with Gasteiger partial charge in [0, 0.05) is 30.8 Å². The fraction of sp³-hybridized carbons (Fsp3) is 0.471. The summed E-state index contributed by atoms with van der Waals surface area (Å²) in [5.74, 6) is -0.139. The topological polar surface area (TPSA) is 78.1 Å². The normalized spacial score (nSPS) is 13.6. The van der Waals surface area contributed by atoms with Crippen LogP contribution in [-0.4, -0.2) is 40.0 Å². The zero-order valence-electron chi connectivity index (χ0n) is 13.8. The summed E-state index contributed by atoms with van der Waals surface area (Å²) in [6.45, 7) is 3.86. The molecule has 0 unspecified atom stereocenters. The number of hydrogen-bond donors (Lipinski definition) is 2. The van der Waals surface area contributed by atoms with Crippen LogP contribution in [0.3, 0.4) is 0 Å². The molecule has 0 saturated heterocycles. The number of rotatable bonds is 6. The van der Waals surface area contributed by atoms with E-state index in [2.05, 4.69) is 22.4 Å². The summed E-state index contributed by atoms with van der Waals surface area (Å²) >= 11 is 1.44. The first-order valence-corrected chi connectivity index (χ1v) is 9.25. The van der Waals surface area contributed by atoms with E-state index in [1.807, 2.05) is 17.5 Å². The number of aromatic nitrogens is 2. The zero-order chi connectivity index (χ0) is 16.9. The number of carbonyl (C=O) groups excluding carboxylic acids is 2. The van der Waals surface area contributed by atoms with E-state index in [9.17, 15) is 9.59 Å². The van der Waals surface area contributed by atoms with Crippen molar-refractivity contribution in [2.24, 2.45) is 0 Å². The highest BCUT2D eigenvalue weighted by atomic mass is 32.1. The van der Waals surface area contributed by atoms with E-state index >= 15 is 0 Å². The van der Waals surface area contributed by atoms with Crippen molar-refractivity contribution in [1.82, 2.24) is 20.4 Å². The molecule has 2 aromatic heterocycles. The molecule has 0 atom stereocenters. The summed E-state index contributed by atoms with van der Waals surface area (Å²) in [6, 6.07) is 3.71. The lowest BCUT2D eigenvalue weighted by Gasteiger charge is -2.26. The number of amides is 2. The van der Waals surface area contributed by atoms with Gasteiger partial charge in [-0.25, -0.2) is 0 Å². The van der Waals surface area contributed by atoms with Crippen molar-refractivity contribution >= 4 is 23.2 Å². The highest BCUT2D eigenvalue weighted by Gasteiger charge is 2.28. The van der Waals surface area contributed by atoms with Crippen LogP contribution in [0.25, 0.3) is 0 Å². The second-order valence-electron chi connectivity index (χ2n) is 5.95. The van der Waals surface area contributed by atoms with Crippen molar-refractivity contribution in [3.63, 3.8) is 0 Å². The minimum atomic E-state index is -0.158. The van der Waals surface area contributed by atoms with E-state index < -0.39 is 0 Å². The van der Waals surface area contributed by atoms with Crippen molar-refractivity contribution in [2.75, 3.05) is 13.1 Å². The van der Waals surface area contributed by atoms with E-state index in [0.29, 0.717) is 31.7 Å². The number of nitrogens with zero attached hydrogens (tertiary/aromatic N) is 2. The van der Waals surface area contributed by atoms with Gasteiger partial charge in [-0.2, -0.15) is 5.10 Å². The van der Waals surface area contributed by atoms with Gasteiger partial charge in [0.2, 0.25) is 0 Å². The molecule has 128 valence electrons. The van der Waals surface area contributed by atoms with Gasteiger partial charge in [0.1, 0.15) is 0 Å². The number of thiophene rings is 1. The Hall–Kier alpha value is -2.15. The van der Waals surface area contributed by atoms with Crippen LogP contribution >= 0.6 is 11.3 Å². The van der Waals surface area contributed by atoms with Crippen LogP contribution in [0.2, 0.25) is 0 Å². The molecule has 0 aromatic carbocycles. The summed E-state index contributed by atoms with van der Waals surface area (Å²) in [6.07, 6.45) is 3.88. The van der Waals surface area contributed by atoms with Crippen molar-refractivity contribution in [3.05, 3.63) is 39.3 Å². The van der Waals surface area contributed by atoms with Crippen LogP contribution in [0.5, 0.6) is 0 Å². The van der Waals surface area contributed by atoms with Gasteiger partial charge in [-0.1, -0.05) is 25.8 Å². The van der Waals surface area contributed by atoms with Crippen LogP contribution in [0.15, 0.2) is 17.5 Å².